The third-order valence-electron chi connectivity index (χ3n) is 4.69. The molecule has 2 aromatic rings. The average Bonchev–Trinajstić information content (AvgIpc) is 2.72. The number of rotatable bonds is 6. The maximum absolute atomic E-state index is 14.0. The fourth-order valence-corrected chi connectivity index (χ4v) is 3.16. The highest BCUT2D eigenvalue weighted by molar-refractivity contribution is 5.96. The minimum atomic E-state index is -1.12. The van der Waals surface area contributed by atoms with Crippen molar-refractivity contribution in [2.45, 2.75) is 19.1 Å². The Kier molecular flexibility index (Phi) is 6.19. The van der Waals surface area contributed by atoms with Crippen LogP contribution >= 0.6 is 0 Å². The first-order chi connectivity index (χ1) is 13.5. The number of nitrogens with zero attached hydrogens (tertiary/aromatic N) is 1. The number of hydrogen-bond acceptors (Lipinski definition) is 4. The molecule has 0 radical (unpaired) electrons. The Morgan fingerprint density at radius 2 is 2.04 bits per heavy atom. The molecule has 0 atom stereocenters. The van der Waals surface area contributed by atoms with E-state index in [0.717, 1.165) is 18.9 Å². The highest BCUT2D eigenvalue weighted by Gasteiger charge is 2.25. The lowest BCUT2D eigenvalue weighted by atomic mass is 9.95. The van der Waals surface area contributed by atoms with Crippen molar-refractivity contribution in [3.63, 3.8) is 0 Å². The Labute approximate surface area is 162 Å². The van der Waals surface area contributed by atoms with Crippen molar-refractivity contribution in [1.29, 1.82) is 5.26 Å². The van der Waals surface area contributed by atoms with Gasteiger partial charge in [0.2, 0.25) is 0 Å². The Hall–Kier alpha value is -3.01. The van der Waals surface area contributed by atoms with Gasteiger partial charge >= 0.3 is 5.97 Å². The summed E-state index contributed by atoms with van der Waals surface area (Å²) >= 11 is 0. The minimum absolute atomic E-state index is 0.0347. The number of halogens is 1. The predicted molar refractivity (Wildman–Crippen MR) is 101 cm³/mol. The maximum Gasteiger partial charge on any atom is 0.336 e. The molecule has 0 saturated carbocycles. The fourth-order valence-electron chi connectivity index (χ4n) is 3.16. The second-order valence-corrected chi connectivity index (χ2v) is 6.65. The number of hydrogen-bond donors (Lipinski definition) is 1. The van der Waals surface area contributed by atoms with Crippen LogP contribution in [0.5, 0.6) is 0 Å². The van der Waals surface area contributed by atoms with Gasteiger partial charge < -0.3 is 14.6 Å². The largest absolute Gasteiger partial charge is 0.478 e. The van der Waals surface area contributed by atoms with Crippen molar-refractivity contribution >= 4 is 5.97 Å². The van der Waals surface area contributed by atoms with E-state index in [2.05, 4.69) is 6.58 Å². The van der Waals surface area contributed by atoms with Crippen LogP contribution in [0.25, 0.3) is 11.1 Å². The molecule has 3 rings (SSSR count). The number of nitriles is 1. The van der Waals surface area contributed by atoms with Crippen LogP contribution < -0.4 is 0 Å². The van der Waals surface area contributed by atoms with Crippen molar-refractivity contribution in [2.75, 3.05) is 13.2 Å². The van der Waals surface area contributed by atoms with E-state index < -0.39 is 18.1 Å². The molecular formula is C22H20FNO4. The second-order valence-electron chi connectivity index (χ2n) is 6.65. The van der Waals surface area contributed by atoms with Gasteiger partial charge in [-0.2, -0.15) is 5.26 Å². The van der Waals surface area contributed by atoms with E-state index in [9.17, 15) is 14.3 Å². The van der Waals surface area contributed by atoms with E-state index >= 15 is 0 Å². The normalized spacial score (nSPS) is 19.0. The maximum atomic E-state index is 14.0. The molecule has 1 aliphatic heterocycles. The third-order valence-corrected chi connectivity index (χ3v) is 4.69. The summed E-state index contributed by atoms with van der Waals surface area (Å²) in [6.45, 7) is 4.79. The van der Waals surface area contributed by atoms with Crippen molar-refractivity contribution in [3.8, 4) is 17.2 Å². The number of aromatic carboxylic acids is 1. The highest BCUT2D eigenvalue weighted by Crippen LogP contribution is 2.32. The van der Waals surface area contributed by atoms with Crippen LogP contribution in [0.2, 0.25) is 0 Å². The number of carboxylic acid groups (broad SMARTS) is 1. The molecule has 1 saturated heterocycles. The molecule has 28 heavy (non-hydrogen) atoms. The summed E-state index contributed by atoms with van der Waals surface area (Å²) in [6.07, 6.45) is 3.08. The van der Waals surface area contributed by atoms with Crippen LogP contribution in [0.15, 0.2) is 49.1 Å². The summed E-state index contributed by atoms with van der Waals surface area (Å²) in [4.78, 5) is 11.6. The smallest absolute Gasteiger partial charge is 0.336 e. The van der Waals surface area contributed by atoms with E-state index in [4.69, 9.17) is 14.7 Å². The number of allylic oxidation sites excluding steroid dienone is 1. The Morgan fingerprint density at radius 3 is 2.64 bits per heavy atom. The molecule has 1 heterocycles. The van der Waals surface area contributed by atoms with E-state index in [0.29, 0.717) is 35.8 Å². The van der Waals surface area contributed by atoms with Crippen molar-refractivity contribution in [2.24, 2.45) is 5.92 Å². The molecule has 0 unspecified atom stereocenters. The van der Waals surface area contributed by atoms with Gasteiger partial charge in [0.15, 0.2) is 6.29 Å². The van der Waals surface area contributed by atoms with E-state index in [1.165, 1.54) is 18.2 Å². The van der Waals surface area contributed by atoms with Gasteiger partial charge in [-0.05, 0) is 48.2 Å². The summed E-state index contributed by atoms with van der Waals surface area (Å²) in [5, 5.41) is 18.4. The molecule has 0 aliphatic carbocycles. The molecule has 0 aromatic heterocycles. The van der Waals surface area contributed by atoms with Gasteiger partial charge in [0.1, 0.15) is 11.9 Å². The quantitative estimate of drug-likeness (QED) is 0.734. The molecule has 0 amide bonds. The molecule has 1 fully saturated rings. The third kappa shape index (κ3) is 4.28. The van der Waals surface area contributed by atoms with Gasteiger partial charge in [-0.15, -0.1) is 6.58 Å². The van der Waals surface area contributed by atoms with E-state index in [1.807, 2.05) is 6.08 Å². The number of carboxylic acids is 1. The minimum Gasteiger partial charge on any atom is -0.478 e. The summed E-state index contributed by atoms with van der Waals surface area (Å²) in [6, 6.07) is 10.5. The summed E-state index contributed by atoms with van der Waals surface area (Å²) < 4.78 is 25.7. The van der Waals surface area contributed by atoms with Gasteiger partial charge in [-0.3, -0.25) is 0 Å². The number of benzene rings is 2. The first kappa shape index (κ1) is 19.7. The zero-order valence-corrected chi connectivity index (χ0v) is 15.2. The van der Waals surface area contributed by atoms with Crippen LogP contribution in [0.4, 0.5) is 4.39 Å². The van der Waals surface area contributed by atoms with Gasteiger partial charge in [0, 0.05) is 11.5 Å². The van der Waals surface area contributed by atoms with Crippen LogP contribution in [0, 0.1) is 23.1 Å². The first-order valence-corrected chi connectivity index (χ1v) is 8.95. The zero-order valence-electron chi connectivity index (χ0n) is 15.2. The first-order valence-electron chi connectivity index (χ1n) is 8.95. The highest BCUT2D eigenvalue weighted by atomic mass is 19.1. The van der Waals surface area contributed by atoms with Gasteiger partial charge in [-0.25, -0.2) is 9.18 Å². The Balaban J connectivity index is 1.89. The monoisotopic (exact) mass is 381 g/mol. The van der Waals surface area contributed by atoms with Crippen LogP contribution in [0.3, 0.4) is 0 Å². The fraction of sp³-hybridized carbons (Fsp3) is 0.273. The van der Waals surface area contributed by atoms with Gasteiger partial charge in [0.25, 0.3) is 0 Å². The molecule has 2 aromatic carbocycles. The second kappa shape index (κ2) is 8.79. The lowest BCUT2D eigenvalue weighted by Crippen LogP contribution is -2.27. The Morgan fingerprint density at radius 1 is 1.29 bits per heavy atom. The SMILES string of the molecule is C=CCC[C@H]1CO[C@H](c2ccc(C(=O)O)c(-c3ccc(C#N)c(F)c3)c2)OC1. The summed E-state index contributed by atoms with van der Waals surface area (Å²) in [7, 11) is 0. The number of ether oxygens (including phenoxy) is 2. The summed E-state index contributed by atoms with van der Waals surface area (Å²) in [5.41, 5.74) is 1.31. The molecule has 0 spiro atoms. The molecule has 1 N–H and O–H groups in total. The van der Waals surface area contributed by atoms with E-state index in [-0.39, 0.29) is 11.1 Å². The molecule has 144 valence electrons. The summed E-state index contributed by atoms with van der Waals surface area (Å²) in [5.74, 6) is -1.53. The molecule has 1 aliphatic rings. The number of carbonyl (C=O) groups is 1. The van der Waals surface area contributed by atoms with Gasteiger partial charge in [0.05, 0.1) is 24.3 Å². The van der Waals surface area contributed by atoms with Crippen LogP contribution in [0.1, 0.15) is 40.6 Å². The Bertz CT molecular complexity index is 927. The standard InChI is InChI=1S/C22H20FNO4/c1-2-3-4-14-12-27-22(28-13-14)16-7-8-18(21(25)26)19(9-16)15-5-6-17(11-24)20(23)10-15/h2,5-10,14,22H,1,3-4,12-13H2,(H,25,26)/t14-,22-. The lowest BCUT2D eigenvalue weighted by molar-refractivity contribution is -0.205. The molecular weight excluding hydrogens is 361 g/mol. The predicted octanol–water partition coefficient (Wildman–Crippen LogP) is 4.69. The average molecular weight is 381 g/mol. The lowest BCUT2D eigenvalue weighted by Gasteiger charge is -2.29. The van der Waals surface area contributed by atoms with E-state index in [1.54, 1.807) is 18.2 Å². The van der Waals surface area contributed by atoms with Crippen LogP contribution in [-0.2, 0) is 9.47 Å². The topological polar surface area (TPSA) is 79.5 Å². The van der Waals surface area contributed by atoms with Crippen LogP contribution in [-0.4, -0.2) is 24.3 Å². The van der Waals surface area contributed by atoms with Crippen molar-refractivity contribution < 1.29 is 23.8 Å². The molecule has 6 heteroatoms. The molecule has 0 bridgehead atoms. The van der Waals surface area contributed by atoms with Crippen molar-refractivity contribution in [1.82, 2.24) is 0 Å². The van der Waals surface area contributed by atoms with Gasteiger partial charge in [-0.1, -0.05) is 18.2 Å². The van der Waals surface area contributed by atoms with Crippen molar-refractivity contribution in [3.05, 3.63) is 71.6 Å². The molecule has 5 nitrogen and oxygen atoms in total. The zero-order chi connectivity index (χ0) is 20.1.